The Kier molecular flexibility index (Phi) is 8.84. The maximum Gasteiger partial charge on any atom is 0.340 e. The van der Waals surface area contributed by atoms with Gasteiger partial charge in [-0.15, -0.1) is 0 Å². The minimum absolute atomic E-state index is 0.0116. The van der Waals surface area contributed by atoms with E-state index in [1.165, 1.54) is 25.5 Å². The van der Waals surface area contributed by atoms with E-state index in [0.717, 1.165) is 53.2 Å². The number of esters is 1. The third-order valence-electron chi connectivity index (χ3n) is 8.47. The highest BCUT2D eigenvalue weighted by Crippen LogP contribution is 2.36. The molecule has 6 rings (SSSR count). The number of sulfonamides is 1. The molecule has 0 saturated carbocycles. The molecule has 0 aliphatic carbocycles. The van der Waals surface area contributed by atoms with Crippen LogP contribution < -0.4 is 4.72 Å². The summed E-state index contributed by atoms with van der Waals surface area (Å²) in [5, 5.41) is 2.05. The molecule has 10 heteroatoms. The number of para-hydroxylation sites is 1. The molecule has 2 bridgehead atoms. The van der Waals surface area contributed by atoms with Crippen LogP contribution in [-0.4, -0.2) is 87.1 Å². The molecule has 1 unspecified atom stereocenters. The molecule has 41 heavy (non-hydrogen) atoms. The number of hydrogen-bond donors (Lipinski definition) is 3. The molecule has 0 amide bonds. The second-order valence-corrected chi connectivity index (χ2v) is 13.4. The lowest BCUT2D eigenvalue weighted by Gasteiger charge is -2.35. The monoisotopic (exact) mass is 579 g/mol. The number of fused-ring (bicyclic) bond motifs is 4. The van der Waals surface area contributed by atoms with Crippen molar-refractivity contribution in [3.63, 3.8) is 0 Å². The van der Waals surface area contributed by atoms with Gasteiger partial charge in [-0.1, -0.05) is 24.3 Å². The van der Waals surface area contributed by atoms with Gasteiger partial charge >= 0.3 is 5.97 Å². The normalized spacial score (nSPS) is 20.9. The summed E-state index contributed by atoms with van der Waals surface area (Å²) in [6, 6.07) is 14.8. The van der Waals surface area contributed by atoms with E-state index in [1.807, 2.05) is 62.8 Å². The highest BCUT2D eigenvalue weighted by atomic mass is 32.2. The SMILES string of the molecule is CN1[C@@H]2CC[C@H]1CC(OC(=O)c1c[nH]c3ccccc13)C2.CNS(=O)(=O)Cc1ccc2[nH]cc(CCN(C)C)c2c1. The molecular weight excluding hydrogens is 538 g/mol. The van der Waals surface area contributed by atoms with Crippen molar-refractivity contribution in [1.82, 2.24) is 24.5 Å². The second kappa shape index (κ2) is 12.4. The number of carbonyl (C=O) groups excluding carboxylic acids is 1. The molecule has 0 spiro atoms. The molecule has 4 aromatic rings. The summed E-state index contributed by atoms with van der Waals surface area (Å²) in [6.07, 6.45) is 9.20. The first-order valence-electron chi connectivity index (χ1n) is 14.3. The third kappa shape index (κ3) is 6.83. The van der Waals surface area contributed by atoms with Crippen LogP contribution in [0.1, 0.15) is 47.2 Å². The number of aromatic nitrogens is 2. The number of hydrogen-bond acceptors (Lipinski definition) is 6. The summed E-state index contributed by atoms with van der Waals surface area (Å²) in [6.45, 7) is 0.964. The fourth-order valence-corrected chi connectivity index (χ4v) is 6.83. The number of ether oxygens (including phenoxy) is 1. The number of nitrogens with zero attached hydrogens (tertiary/aromatic N) is 2. The van der Waals surface area contributed by atoms with Crippen LogP contribution >= 0.6 is 0 Å². The maximum atomic E-state index is 12.4. The summed E-state index contributed by atoms with van der Waals surface area (Å²) in [4.78, 5) is 23.4. The van der Waals surface area contributed by atoms with E-state index in [4.69, 9.17) is 4.74 Å². The number of nitrogens with one attached hydrogen (secondary N) is 3. The van der Waals surface area contributed by atoms with Crippen LogP contribution in [0.25, 0.3) is 21.8 Å². The standard InChI is InChI=1S/C17H20N2O2.C14H21N3O2S/c1-19-11-6-7-12(19)9-13(8-11)21-17(20)15-10-18-16-5-3-2-4-14(15)16;1-15-20(18,19)10-11-4-5-14-13(8-11)12(9-16-14)6-7-17(2)3/h2-5,10-13,18H,6-9H2,1H3;4-5,8-9,15-16H,6-7,10H2,1-3H3/t11-,12+,13?;. The van der Waals surface area contributed by atoms with Crippen LogP contribution in [0.2, 0.25) is 0 Å². The van der Waals surface area contributed by atoms with Gasteiger partial charge in [0.15, 0.2) is 0 Å². The van der Waals surface area contributed by atoms with Crippen molar-refractivity contribution in [3.8, 4) is 0 Å². The number of carbonyl (C=O) groups is 1. The van der Waals surface area contributed by atoms with Crippen LogP contribution in [-0.2, 0) is 26.9 Å². The van der Waals surface area contributed by atoms with E-state index in [9.17, 15) is 13.2 Å². The maximum absolute atomic E-state index is 12.4. The molecule has 3 N–H and O–H groups in total. The summed E-state index contributed by atoms with van der Waals surface area (Å²) in [5.41, 5.74) is 4.70. The van der Waals surface area contributed by atoms with Crippen molar-refractivity contribution in [2.75, 3.05) is 34.7 Å². The van der Waals surface area contributed by atoms with Crippen molar-refractivity contribution >= 4 is 37.8 Å². The Morgan fingerprint density at radius 1 is 1.02 bits per heavy atom. The molecule has 3 atom stereocenters. The van der Waals surface area contributed by atoms with Gasteiger partial charge < -0.3 is 24.5 Å². The Labute approximate surface area is 242 Å². The molecule has 9 nitrogen and oxygen atoms in total. The van der Waals surface area contributed by atoms with Crippen molar-refractivity contribution < 1.29 is 17.9 Å². The Hall–Kier alpha value is -3.18. The number of aromatic amines is 2. The first-order chi connectivity index (χ1) is 19.6. The third-order valence-corrected chi connectivity index (χ3v) is 9.80. The van der Waals surface area contributed by atoms with Gasteiger partial charge in [-0.25, -0.2) is 17.9 Å². The van der Waals surface area contributed by atoms with E-state index in [-0.39, 0.29) is 17.8 Å². The van der Waals surface area contributed by atoms with E-state index in [1.54, 1.807) is 6.20 Å². The van der Waals surface area contributed by atoms with Crippen molar-refractivity contribution in [3.05, 3.63) is 71.5 Å². The Balaban J connectivity index is 0.000000165. The highest BCUT2D eigenvalue weighted by Gasteiger charge is 2.40. The van der Waals surface area contributed by atoms with E-state index in [2.05, 4.69) is 31.5 Å². The Morgan fingerprint density at radius 3 is 2.41 bits per heavy atom. The quantitative estimate of drug-likeness (QED) is 0.269. The zero-order valence-electron chi connectivity index (χ0n) is 24.3. The predicted octanol–water partition coefficient (Wildman–Crippen LogP) is 4.27. The second-order valence-electron chi connectivity index (χ2n) is 11.5. The van der Waals surface area contributed by atoms with Gasteiger partial charge in [0.25, 0.3) is 0 Å². The molecule has 4 heterocycles. The number of piperidine rings is 1. The molecule has 0 radical (unpaired) electrons. The lowest BCUT2D eigenvalue weighted by atomic mass is 10.0. The molecule has 2 aliphatic rings. The zero-order chi connectivity index (χ0) is 29.1. The summed E-state index contributed by atoms with van der Waals surface area (Å²) in [5.74, 6) is -0.181. The molecular formula is C31H41N5O4S. The lowest BCUT2D eigenvalue weighted by Crippen LogP contribution is -2.43. The molecule has 2 saturated heterocycles. The van der Waals surface area contributed by atoms with E-state index in [0.29, 0.717) is 17.6 Å². The number of H-pyrrole nitrogens is 2. The van der Waals surface area contributed by atoms with Gasteiger partial charge in [0.1, 0.15) is 6.10 Å². The van der Waals surface area contributed by atoms with Gasteiger partial charge in [-0.05, 0) is 76.8 Å². The van der Waals surface area contributed by atoms with Gasteiger partial charge in [0.2, 0.25) is 10.0 Å². The smallest absolute Gasteiger partial charge is 0.340 e. The molecule has 220 valence electrons. The molecule has 2 aliphatic heterocycles. The van der Waals surface area contributed by atoms with Crippen LogP contribution in [0.4, 0.5) is 0 Å². The topological polar surface area (TPSA) is 111 Å². The Morgan fingerprint density at radius 2 is 1.71 bits per heavy atom. The summed E-state index contributed by atoms with van der Waals surface area (Å²) in [7, 11) is 4.48. The first-order valence-corrected chi connectivity index (χ1v) is 15.9. The molecule has 2 fully saturated rings. The largest absolute Gasteiger partial charge is 0.459 e. The number of benzene rings is 2. The van der Waals surface area contributed by atoms with Gasteiger partial charge in [0.05, 0.1) is 11.3 Å². The Bertz CT molecular complexity index is 1600. The van der Waals surface area contributed by atoms with Gasteiger partial charge in [0, 0.05) is 65.7 Å². The van der Waals surface area contributed by atoms with Crippen LogP contribution in [0.15, 0.2) is 54.9 Å². The lowest BCUT2D eigenvalue weighted by molar-refractivity contribution is -0.000264. The van der Waals surface area contributed by atoms with Crippen molar-refractivity contribution in [2.24, 2.45) is 0 Å². The fourth-order valence-electron chi connectivity index (χ4n) is 6.07. The van der Waals surface area contributed by atoms with Crippen LogP contribution in [0.3, 0.4) is 0 Å². The average molecular weight is 580 g/mol. The minimum atomic E-state index is -3.23. The van der Waals surface area contributed by atoms with Crippen molar-refractivity contribution in [2.45, 2.75) is 56.0 Å². The first kappa shape index (κ1) is 29.3. The fraction of sp³-hybridized carbons (Fsp3) is 0.452. The van der Waals surface area contributed by atoms with Crippen LogP contribution in [0, 0.1) is 0 Å². The van der Waals surface area contributed by atoms with Crippen LogP contribution in [0.5, 0.6) is 0 Å². The van der Waals surface area contributed by atoms with Gasteiger partial charge in [-0.3, -0.25) is 0 Å². The minimum Gasteiger partial charge on any atom is -0.459 e. The van der Waals surface area contributed by atoms with Crippen molar-refractivity contribution in [1.29, 1.82) is 0 Å². The average Bonchev–Trinajstić information content (AvgIpc) is 3.61. The number of likely N-dealkylation sites (N-methyl/N-ethyl adjacent to an activating group) is 1. The van der Waals surface area contributed by atoms with E-state index >= 15 is 0 Å². The molecule has 2 aromatic heterocycles. The molecule has 2 aromatic carbocycles. The van der Waals surface area contributed by atoms with Gasteiger partial charge in [-0.2, -0.15) is 0 Å². The predicted molar refractivity (Wildman–Crippen MR) is 164 cm³/mol. The summed E-state index contributed by atoms with van der Waals surface area (Å²) >= 11 is 0. The summed E-state index contributed by atoms with van der Waals surface area (Å²) < 4.78 is 31.4. The zero-order valence-corrected chi connectivity index (χ0v) is 25.1. The number of rotatable bonds is 8. The highest BCUT2D eigenvalue weighted by molar-refractivity contribution is 7.88. The van der Waals surface area contributed by atoms with E-state index < -0.39 is 10.0 Å².